The second-order valence-electron chi connectivity index (χ2n) is 8.74. The van der Waals surface area contributed by atoms with Crippen LogP contribution in [0.3, 0.4) is 0 Å². The van der Waals surface area contributed by atoms with Gasteiger partial charge >= 0.3 is 5.97 Å². The van der Waals surface area contributed by atoms with Gasteiger partial charge in [0, 0.05) is 37.3 Å². The lowest BCUT2D eigenvalue weighted by atomic mass is 10.1. The molecule has 0 aliphatic carbocycles. The van der Waals surface area contributed by atoms with Crippen molar-refractivity contribution in [3.05, 3.63) is 76.3 Å². The third kappa shape index (κ3) is 5.77. The summed E-state index contributed by atoms with van der Waals surface area (Å²) in [6.45, 7) is 3.84. The van der Waals surface area contributed by atoms with Gasteiger partial charge in [0.2, 0.25) is 5.43 Å². The first-order chi connectivity index (χ1) is 17.4. The lowest BCUT2D eigenvalue weighted by molar-refractivity contribution is 0.0695. The van der Waals surface area contributed by atoms with Gasteiger partial charge < -0.3 is 15.3 Å². The van der Waals surface area contributed by atoms with Crippen molar-refractivity contribution < 1.29 is 27.3 Å². The summed E-state index contributed by atoms with van der Waals surface area (Å²) < 4.78 is 42.6. The Bertz CT molecular complexity index is 1660. The smallest absolute Gasteiger partial charge is 0.341 e. The molecule has 1 unspecified atom stereocenters. The Hall–Kier alpha value is -3.87. The maximum atomic E-state index is 15.1. The van der Waals surface area contributed by atoms with E-state index >= 15 is 4.39 Å². The van der Waals surface area contributed by atoms with Crippen LogP contribution >= 0.6 is 0 Å². The number of fused-ring (bicyclic) bond motifs is 2. The minimum absolute atomic E-state index is 0.0673. The highest BCUT2D eigenvalue weighted by atomic mass is 32.2. The molecule has 3 heterocycles. The molecule has 1 aliphatic rings. The number of hydrogen-bond donors (Lipinski definition) is 3. The molecule has 3 N–H and O–H groups in total. The van der Waals surface area contributed by atoms with Crippen LogP contribution in [0, 0.1) is 5.82 Å². The number of hydrogen-bond acceptors (Lipinski definition) is 7. The van der Waals surface area contributed by atoms with Crippen molar-refractivity contribution in [2.24, 2.45) is 0 Å². The fourth-order valence-corrected chi connectivity index (χ4v) is 4.32. The summed E-state index contributed by atoms with van der Waals surface area (Å²) >= 11 is 0. The van der Waals surface area contributed by atoms with Crippen molar-refractivity contribution >= 4 is 43.7 Å². The summed E-state index contributed by atoms with van der Waals surface area (Å²) in [6, 6.07) is 14.6. The quantitative estimate of drug-likeness (QED) is 0.342. The maximum absolute atomic E-state index is 15.1. The van der Waals surface area contributed by atoms with E-state index in [0.717, 1.165) is 16.8 Å². The number of carboxylic acid groups (broad SMARTS) is 1. The minimum Gasteiger partial charge on any atom is -0.477 e. The second-order valence-corrected chi connectivity index (χ2v) is 10.2. The van der Waals surface area contributed by atoms with Crippen molar-refractivity contribution in [2.75, 3.05) is 30.8 Å². The van der Waals surface area contributed by atoms with Gasteiger partial charge in [-0.3, -0.25) is 13.9 Å². The molecule has 5 rings (SSSR count). The summed E-state index contributed by atoms with van der Waals surface area (Å²) in [5.41, 5.74) is -0.306. The van der Waals surface area contributed by atoms with E-state index in [-0.39, 0.29) is 22.9 Å². The van der Waals surface area contributed by atoms with E-state index in [2.05, 4.69) is 10.3 Å². The number of rotatable bonds is 3. The predicted molar refractivity (Wildman–Crippen MR) is 139 cm³/mol. The lowest BCUT2D eigenvalue weighted by Gasteiger charge is -2.33. The molecule has 2 aromatic carbocycles. The average molecular weight is 529 g/mol. The summed E-state index contributed by atoms with van der Waals surface area (Å²) in [7, 11) is -3.67. The standard InChI is InChI=1S/C24H21FN4O3.CH4O3S/c1-14-12-28(10-9-26-14)23-19(25)11-17-21(30)18(24(31)32)13-29(22(17)27-23)20-8-4-6-15-5-2-3-7-16(15)20;1-5(2,3)4/h2-8,11,13-14,26H,9-10,12H2,1H3,(H,31,32);1H3,(H,2,3,4). The van der Waals surface area contributed by atoms with Gasteiger partial charge in [-0.15, -0.1) is 0 Å². The summed E-state index contributed by atoms with van der Waals surface area (Å²) in [5, 5.41) is 14.7. The zero-order chi connectivity index (χ0) is 26.9. The van der Waals surface area contributed by atoms with Crippen LogP contribution in [0.4, 0.5) is 10.2 Å². The number of piperazine rings is 1. The van der Waals surface area contributed by atoms with Crippen molar-refractivity contribution in [2.45, 2.75) is 13.0 Å². The number of aromatic nitrogens is 2. The average Bonchev–Trinajstić information content (AvgIpc) is 2.83. The van der Waals surface area contributed by atoms with Crippen molar-refractivity contribution in [1.82, 2.24) is 14.9 Å². The Balaban J connectivity index is 0.000000586. The number of nitrogens with zero attached hydrogens (tertiary/aromatic N) is 3. The van der Waals surface area contributed by atoms with Gasteiger partial charge in [0.25, 0.3) is 10.1 Å². The van der Waals surface area contributed by atoms with Crippen LogP contribution < -0.4 is 15.6 Å². The molecule has 0 bridgehead atoms. The third-order valence-corrected chi connectivity index (χ3v) is 5.84. The zero-order valence-corrected chi connectivity index (χ0v) is 20.9. The highest BCUT2D eigenvalue weighted by Crippen LogP contribution is 2.28. The Morgan fingerprint density at radius 3 is 2.51 bits per heavy atom. The molecule has 1 saturated heterocycles. The topological polar surface area (TPSA) is 142 Å². The Labute approximate surface area is 211 Å². The normalized spacial score (nSPS) is 15.9. The molecule has 2 aromatic heterocycles. The van der Waals surface area contributed by atoms with Crippen molar-refractivity contribution in [3.8, 4) is 5.69 Å². The van der Waals surface area contributed by atoms with Gasteiger partial charge in [0.05, 0.1) is 17.3 Å². The number of aromatic carboxylic acids is 1. The van der Waals surface area contributed by atoms with Crippen LogP contribution in [0.15, 0.2) is 59.5 Å². The van der Waals surface area contributed by atoms with E-state index < -0.39 is 32.9 Å². The number of halogens is 1. The van der Waals surface area contributed by atoms with Gasteiger partial charge in [-0.1, -0.05) is 36.4 Å². The van der Waals surface area contributed by atoms with Crippen LogP contribution in [0.2, 0.25) is 0 Å². The molecular formula is C25H25FN4O6S. The lowest BCUT2D eigenvalue weighted by Crippen LogP contribution is -2.49. The van der Waals surface area contributed by atoms with Gasteiger partial charge in [0.1, 0.15) is 5.56 Å². The molecular weight excluding hydrogens is 503 g/mol. The van der Waals surface area contributed by atoms with Crippen LogP contribution in [-0.4, -0.2) is 65.5 Å². The van der Waals surface area contributed by atoms with Gasteiger partial charge in [-0.2, -0.15) is 8.42 Å². The third-order valence-electron chi connectivity index (χ3n) is 5.84. The van der Waals surface area contributed by atoms with Crippen LogP contribution in [0.5, 0.6) is 0 Å². The molecule has 194 valence electrons. The number of benzene rings is 2. The number of carbonyl (C=O) groups is 1. The van der Waals surface area contributed by atoms with E-state index in [0.29, 0.717) is 31.6 Å². The maximum Gasteiger partial charge on any atom is 0.341 e. The van der Waals surface area contributed by atoms with Crippen LogP contribution in [0.25, 0.3) is 27.5 Å². The molecule has 0 amide bonds. The Morgan fingerprint density at radius 1 is 1.16 bits per heavy atom. The van der Waals surface area contributed by atoms with E-state index in [1.54, 1.807) is 4.57 Å². The monoisotopic (exact) mass is 528 g/mol. The number of carboxylic acids is 1. The molecule has 0 radical (unpaired) electrons. The van der Waals surface area contributed by atoms with Gasteiger partial charge in [0.15, 0.2) is 17.3 Å². The van der Waals surface area contributed by atoms with E-state index in [4.69, 9.17) is 4.55 Å². The second kappa shape index (κ2) is 10.2. The highest BCUT2D eigenvalue weighted by Gasteiger charge is 2.24. The first-order valence-corrected chi connectivity index (χ1v) is 13.2. The zero-order valence-electron chi connectivity index (χ0n) is 20.1. The van der Waals surface area contributed by atoms with E-state index in [1.165, 1.54) is 6.20 Å². The molecule has 10 nitrogen and oxygen atoms in total. The van der Waals surface area contributed by atoms with Crippen LogP contribution in [0.1, 0.15) is 17.3 Å². The highest BCUT2D eigenvalue weighted by molar-refractivity contribution is 7.85. The van der Waals surface area contributed by atoms with Crippen molar-refractivity contribution in [1.29, 1.82) is 0 Å². The first kappa shape index (κ1) is 26.2. The fraction of sp³-hybridized carbons (Fsp3) is 0.240. The summed E-state index contributed by atoms with van der Waals surface area (Å²) in [6.07, 6.45) is 2.00. The number of pyridine rings is 2. The molecule has 1 aliphatic heterocycles. The number of anilines is 1. The minimum atomic E-state index is -3.67. The molecule has 0 saturated carbocycles. The fourth-order valence-electron chi connectivity index (χ4n) is 4.32. The van der Waals surface area contributed by atoms with E-state index in [1.807, 2.05) is 54.3 Å². The Kier molecular flexibility index (Phi) is 7.25. The first-order valence-electron chi connectivity index (χ1n) is 11.3. The summed E-state index contributed by atoms with van der Waals surface area (Å²) in [5.74, 6) is -1.86. The SMILES string of the molecule is CC1CN(c2nc3c(cc2F)c(=O)c(C(=O)O)cn3-c2cccc3ccccc23)CCN1.CS(=O)(=O)O. The van der Waals surface area contributed by atoms with Crippen LogP contribution in [-0.2, 0) is 10.1 Å². The molecule has 1 atom stereocenters. The number of nitrogens with one attached hydrogen (secondary N) is 1. The molecule has 1 fully saturated rings. The van der Waals surface area contributed by atoms with Crippen molar-refractivity contribution in [3.63, 3.8) is 0 Å². The van der Waals surface area contributed by atoms with Gasteiger partial charge in [-0.05, 0) is 24.4 Å². The van der Waals surface area contributed by atoms with E-state index in [9.17, 15) is 23.1 Å². The van der Waals surface area contributed by atoms with Gasteiger partial charge in [-0.25, -0.2) is 14.2 Å². The molecule has 37 heavy (non-hydrogen) atoms. The predicted octanol–water partition coefficient (Wildman–Crippen LogP) is 2.68. The summed E-state index contributed by atoms with van der Waals surface area (Å²) in [4.78, 5) is 31.1. The Morgan fingerprint density at radius 2 is 1.84 bits per heavy atom. The largest absolute Gasteiger partial charge is 0.477 e. The molecule has 0 spiro atoms. The molecule has 12 heteroatoms. The molecule has 4 aromatic rings.